The van der Waals surface area contributed by atoms with Gasteiger partial charge in [0.2, 0.25) is 11.8 Å². The molecule has 1 saturated carbocycles. The second-order valence-electron chi connectivity index (χ2n) is 7.90. The Kier molecular flexibility index (Phi) is 4.28. The Bertz CT molecular complexity index is 609. The van der Waals surface area contributed by atoms with Crippen molar-refractivity contribution in [3.63, 3.8) is 0 Å². The number of nitrogens with zero attached hydrogens (tertiary/aromatic N) is 2. The molecule has 0 radical (unpaired) electrons. The van der Waals surface area contributed by atoms with E-state index in [9.17, 15) is 9.59 Å². The van der Waals surface area contributed by atoms with Gasteiger partial charge in [0, 0.05) is 37.4 Å². The van der Waals surface area contributed by atoms with E-state index in [-0.39, 0.29) is 17.4 Å². The molecule has 2 fully saturated rings. The minimum absolute atomic E-state index is 0.0111. The van der Waals surface area contributed by atoms with Gasteiger partial charge in [0.1, 0.15) is 5.41 Å². The first kappa shape index (κ1) is 16.8. The van der Waals surface area contributed by atoms with Crippen LogP contribution in [0.15, 0.2) is 30.3 Å². The summed E-state index contributed by atoms with van der Waals surface area (Å²) < 4.78 is 0. The highest BCUT2D eigenvalue weighted by Gasteiger charge is 2.58. The summed E-state index contributed by atoms with van der Waals surface area (Å²) in [6.45, 7) is 8.83. The first-order valence-corrected chi connectivity index (χ1v) is 8.74. The Morgan fingerprint density at radius 1 is 1.00 bits per heavy atom. The van der Waals surface area contributed by atoms with Gasteiger partial charge < -0.3 is 15.1 Å². The second-order valence-corrected chi connectivity index (χ2v) is 7.90. The number of carbonyl (C=O) groups is 2. The van der Waals surface area contributed by atoms with Gasteiger partial charge in [-0.3, -0.25) is 9.59 Å². The Labute approximate surface area is 144 Å². The van der Waals surface area contributed by atoms with Crippen LogP contribution in [0, 0.1) is 5.41 Å². The lowest BCUT2D eigenvalue weighted by Crippen LogP contribution is -2.55. The van der Waals surface area contributed by atoms with Crippen LogP contribution < -0.4 is 10.2 Å². The normalized spacial score (nSPS) is 19.8. The molecule has 1 heterocycles. The number of para-hydroxylation sites is 1. The van der Waals surface area contributed by atoms with Crippen LogP contribution in [0.25, 0.3) is 0 Å². The molecule has 2 aliphatic rings. The standard InChI is InChI=1S/C19H27N3O2/c1-18(2,3)20-16(23)19(9-10-19)17(24)22-13-11-21(12-14-22)15-7-5-4-6-8-15/h4-8H,9-14H2,1-3H3,(H,20,23). The smallest absolute Gasteiger partial charge is 0.238 e. The molecule has 2 amide bonds. The summed E-state index contributed by atoms with van der Waals surface area (Å²) in [7, 11) is 0. The number of hydrogen-bond donors (Lipinski definition) is 1. The van der Waals surface area contributed by atoms with Crippen molar-refractivity contribution in [1.29, 1.82) is 0 Å². The minimum atomic E-state index is -0.803. The van der Waals surface area contributed by atoms with Crippen LogP contribution in [-0.4, -0.2) is 48.4 Å². The fourth-order valence-corrected chi connectivity index (χ4v) is 3.23. The molecule has 0 unspecified atom stereocenters. The van der Waals surface area contributed by atoms with Crippen molar-refractivity contribution in [2.45, 2.75) is 39.2 Å². The van der Waals surface area contributed by atoms with Gasteiger partial charge >= 0.3 is 0 Å². The van der Waals surface area contributed by atoms with Crippen LogP contribution in [0.3, 0.4) is 0 Å². The van der Waals surface area contributed by atoms with Crippen molar-refractivity contribution >= 4 is 17.5 Å². The molecule has 1 aliphatic heterocycles. The van der Waals surface area contributed by atoms with Gasteiger partial charge in [0.05, 0.1) is 0 Å². The predicted octanol–water partition coefficient (Wildman–Crippen LogP) is 2.03. The third-order valence-electron chi connectivity index (χ3n) is 4.77. The average Bonchev–Trinajstić information content (AvgIpc) is 3.35. The molecule has 5 heteroatoms. The van der Waals surface area contributed by atoms with E-state index >= 15 is 0 Å². The van der Waals surface area contributed by atoms with Gasteiger partial charge in [-0.25, -0.2) is 0 Å². The molecule has 1 aromatic rings. The zero-order valence-corrected chi connectivity index (χ0v) is 14.8. The van der Waals surface area contributed by atoms with E-state index in [2.05, 4.69) is 22.3 Å². The fraction of sp³-hybridized carbons (Fsp3) is 0.579. The number of anilines is 1. The average molecular weight is 329 g/mol. The van der Waals surface area contributed by atoms with Gasteiger partial charge in [0.25, 0.3) is 0 Å². The number of hydrogen-bond acceptors (Lipinski definition) is 3. The highest BCUT2D eigenvalue weighted by Crippen LogP contribution is 2.48. The van der Waals surface area contributed by atoms with Crippen LogP contribution in [0.5, 0.6) is 0 Å². The molecule has 0 spiro atoms. The molecule has 0 atom stereocenters. The maximum atomic E-state index is 12.9. The summed E-state index contributed by atoms with van der Waals surface area (Å²) in [5.41, 5.74) is 0.0810. The van der Waals surface area contributed by atoms with Crippen molar-refractivity contribution in [3.8, 4) is 0 Å². The van der Waals surface area contributed by atoms with E-state index in [0.717, 1.165) is 13.1 Å². The van der Waals surface area contributed by atoms with Crippen molar-refractivity contribution in [2.75, 3.05) is 31.1 Å². The molecule has 5 nitrogen and oxygen atoms in total. The van der Waals surface area contributed by atoms with E-state index in [0.29, 0.717) is 25.9 Å². The van der Waals surface area contributed by atoms with Crippen molar-refractivity contribution in [1.82, 2.24) is 10.2 Å². The summed E-state index contributed by atoms with van der Waals surface area (Å²) in [5, 5.41) is 2.98. The highest BCUT2D eigenvalue weighted by molar-refractivity contribution is 6.08. The van der Waals surface area contributed by atoms with Gasteiger partial charge in [-0.2, -0.15) is 0 Å². The Hall–Kier alpha value is -2.04. The topological polar surface area (TPSA) is 52.7 Å². The molecular weight excluding hydrogens is 302 g/mol. The van der Waals surface area contributed by atoms with Crippen LogP contribution in [0.2, 0.25) is 0 Å². The van der Waals surface area contributed by atoms with Crippen molar-refractivity contribution in [3.05, 3.63) is 30.3 Å². The fourth-order valence-electron chi connectivity index (χ4n) is 3.23. The number of nitrogens with one attached hydrogen (secondary N) is 1. The maximum absolute atomic E-state index is 12.9. The molecular formula is C19H27N3O2. The van der Waals surface area contributed by atoms with Crippen LogP contribution >= 0.6 is 0 Å². The molecule has 1 saturated heterocycles. The van der Waals surface area contributed by atoms with Crippen LogP contribution in [-0.2, 0) is 9.59 Å². The van der Waals surface area contributed by atoms with E-state index in [1.807, 2.05) is 43.9 Å². The summed E-state index contributed by atoms with van der Waals surface area (Å²) in [5.74, 6) is -0.0950. The minimum Gasteiger partial charge on any atom is -0.368 e. The third kappa shape index (κ3) is 3.40. The quantitative estimate of drug-likeness (QED) is 0.864. The predicted molar refractivity (Wildman–Crippen MR) is 94.8 cm³/mol. The van der Waals surface area contributed by atoms with E-state index in [1.165, 1.54) is 5.69 Å². The Balaban J connectivity index is 1.60. The SMILES string of the molecule is CC(C)(C)NC(=O)C1(C(=O)N2CCN(c3ccccc3)CC2)CC1. The third-order valence-corrected chi connectivity index (χ3v) is 4.77. The van der Waals surface area contributed by atoms with Crippen molar-refractivity contribution < 1.29 is 9.59 Å². The van der Waals surface area contributed by atoms with E-state index < -0.39 is 5.41 Å². The molecule has 0 bridgehead atoms. The summed E-state index contributed by atoms with van der Waals surface area (Å²) >= 11 is 0. The van der Waals surface area contributed by atoms with E-state index in [1.54, 1.807) is 0 Å². The number of piperazine rings is 1. The van der Waals surface area contributed by atoms with Gasteiger partial charge in [-0.1, -0.05) is 18.2 Å². The largest absolute Gasteiger partial charge is 0.368 e. The lowest BCUT2D eigenvalue weighted by atomic mass is 10.0. The molecule has 0 aromatic heterocycles. The second kappa shape index (κ2) is 6.11. The Morgan fingerprint density at radius 3 is 2.08 bits per heavy atom. The maximum Gasteiger partial charge on any atom is 0.238 e. The van der Waals surface area contributed by atoms with Gasteiger partial charge in [-0.05, 0) is 45.7 Å². The highest BCUT2D eigenvalue weighted by atomic mass is 16.2. The molecule has 3 rings (SSSR count). The van der Waals surface area contributed by atoms with Gasteiger partial charge in [0.15, 0.2) is 0 Å². The molecule has 130 valence electrons. The molecule has 1 aromatic carbocycles. The number of rotatable bonds is 3. The summed E-state index contributed by atoms with van der Waals surface area (Å²) in [4.78, 5) is 29.6. The zero-order valence-electron chi connectivity index (χ0n) is 14.8. The van der Waals surface area contributed by atoms with Gasteiger partial charge in [-0.15, -0.1) is 0 Å². The lowest BCUT2D eigenvalue weighted by molar-refractivity contribution is -0.145. The first-order chi connectivity index (χ1) is 11.3. The lowest BCUT2D eigenvalue weighted by Gasteiger charge is -2.38. The molecule has 1 aliphatic carbocycles. The molecule has 1 N–H and O–H groups in total. The molecule has 24 heavy (non-hydrogen) atoms. The number of amides is 2. The van der Waals surface area contributed by atoms with Crippen molar-refractivity contribution in [2.24, 2.45) is 5.41 Å². The summed E-state index contributed by atoms with van der Waals surface area (Å²) in [6.07, 6.45) is 1.35. The van der Waals surface area contributed by atoms with E-state index in [4.69, 9.17) is 0 Å². The first-order valence-electron chi connectivity index (χ1n) is 8.74. The number of carbonyl (C=O) groups excluding carboxylic acids is 2. The Morgan fingerprint density at radius 2 is 1.58 bits per heavy atom. The summed E-state index contributed by atoms with van der Waals surface area (Å²) in [6, 6.07) is 10.3. The van der Waals surface area contributed by atoms with Crippen LogP contribution in [0.4, 0.5) is 5.69 Å². The number of benzene rings is 1. The van der Waals surface area contributed by atoms with Crippen LogP contribution in [0.1, 0.15) is 33.6 Å². The monoisotopic (exact) mass is 329 g/mol. The zero-order chi connectivity index (χ0) is 17.4.